The molecular weight excluding hydrogens is 584 g/mol. The normalized spacial score (nSPS) is 27.4. The average Bonchev–Trinajstić information content (AvgIpc) is 3.40. The molecule has 8 heteroatoms. The third-order valence-electron chi connectivity index (χ3n) is 9.60. The summed E-state index contributed by atoms with van der Waals surface area (Å²) in [6, 6.07) is 9.24. The summed E-state index contributed by atoms with van der Waals surface area (Å²) in [6.07, 6.45) is 20.0. The van der Waals surface area contributed by atoms with Gasteiger partial charge in [-0.2, -0.15) is 0 Å². The van der Waals surface area contributed by atoms with Gasteiger partial charge in [-0.15, -0.1) is 0 Å². The Morgan fingerprint density at radius 1 is 0.891 bits per heavy atom. The Bertz CT molecular complexity index is 1020. The summed E-state index contributed by atoms with van der Waals surface area (Å²) in [6.45, 7) is 3.69. The van der Waals surface area contributed by atoms with Crippen molar-refractivity contribution < 1.29 is 38.0 Å². The predicted octanol–water partition coefficient (Wildman–Crippen LogP) is 8.32. The van der Waals surface area contributed by atoms with Crippen molar-refractivity contribution in [3.63, 3.8) is 0 Å². The minimum absolute atomic E-state index is 0.0131. The van der Waals surface area contributed by atoms with Crippen LogP contribution in [-0.2, 0) is 33.2 Å². The van der Waals surface area contributed by atoms with Gasteiger partial charge < -0.3 is 28.4 Å². The molecule has 2 aliphatic heterocycles. The quantitative estimate of drug-likeness (QED) is 0.0846. The SMILES string of the molecule is CCCCC[C@@H](/C=C/[C@@H]1[C@@H](CCCCCCC(=O)OC)[C@@H](OC2CCCCO2)C[C@H]1OC(=O)c1ccccc1)OC1CCCCO1. The van der Waals surface area contributed by atoms with Crippen LogP contribution in [0.3, 0.4) is 0 Å². The Morgan fingerprint density at radius 2 is 1.63 bits per heavy atom. The molecule has 3 aliphatic rings. The van der Waals surface area contributed by atoms with Crippen LogP contribution in [0.25, 0.3) is 0 Å². The zero-order chi connectivity index (χ0) is 32.4. The first kappa shape index (κ1) is 36.6. The number of carbonyl (C=O) groups excluding carboxylic acids is 2. The van der Waals surface area contributed by atoms with E-state index in [1.807, 2.05) is 18.2 Å². The summed E-state index contributed by atoms with van der Waals surface area (Å²) in [5.41, 5.74) is 0.558. The van der Waals surface area contributed by atoms with Gasteiger partial charge in [0.25, 0.3) is 0 Å². The monoisotopic (exact) mass is 642 g/mol. The van der Waals surface area contributed by atoms with E-state index in [2.05, 4.69) is 19.1 Å². The molecule has 1 saturated carbocycles. The Morgan fingerprint density at radius 3 is 2.33 bits per heavy atom. The van der Waals surface area contributed by atoms with Crippen molar-refractivity contribution in [2.24, 2.45) is 11.8 Å². The molecule has 258 valence electrons. The van der Waals surface area contributed by atoms with Gasteiger partial charge in [0.2, 0.25) is 0 Å². The molecule has 0 amide bonds. The van der Waals surface area contributed by atoms with E-state index in [0.29, 0.717) is 18.4 Å². The number of esters is 2. The van der Waals surface area contributed by atoms with E-state index in [0.717, 1.165) is 110 Å². The van der Waals surface area contributed by atoms with Crippen LogP contribution in [-0.4, -0.2) is 63.2 Å². The van der Waals surface area contributed by atoms with E-state index in [9.17, 15) is 9.59 Å². The number of rotatable bonds is 19. The topological polar surface area (TPSA) is 89.5 Å². The molecule has 2 unspecified atom stereocenters. The van der Waals surface area contributed by atoms with Crippen molar-refractivity contribution in [1.29, 1.82) is 0 Å². The predicted molar refractivity (Wildman–Crippen MR) is 177 cm³/mol. The molecule has 4 rings (SSSR count). The lowest BCUT2D eigenvalue weighted by molar-refractivity contribution is -0.196. The van der Waals surface area contributed by atoms with Crippen LogP contribution in [0.4, 0.5) is 0 Å². The van der Waals surface area contributed by atoms with E-state index in [1.165, 1.54) is 7.11 Å². The van der Waals surface area contributed by atoms with Crippen LogP contribution in [0.5, 0.6) is 0 Å². The first-order valence-corrected chi connectivity index (χ1v) is 18.1. The number of hydrogen-bond acceptors (Lipinski definition) is 8. The van der Waals surface area contributed by atoms with E-state index in [4.69, 9.17) is 28.4 Å². The lowest BCUT2D eigenvalue weighted by atomic mass is 9.87. The third-order valence-corrected chi connectivity index (χ3v) is 9.60. The number of methoxy groups -OCH3 is 1. The molecule has 2 saturated heterocycles. The average molecular weight is 643 g/mol. The van der Waals surface area contributed by atoms with Gasteiger partial charge in [0, 0.05) is 32.0 Å². The molecule has 0 radical (unpaired) electrons. The van der Waals surface area contributed by atoms with Crippen molar-refractivity contribution in [2.45, 2.75) is 147 Å². The number of hydrogen-bond donors (Lipinski definition) is 0. The van der Waals surface area contributed by atoms with Crippen molar-refractivity contribution in [2.75, 3.05) is 20.3 Å². The first-order chi connectivity index (χ1) is 22.6. The van der Waals surface area contributed by atoms with Gasteiger partial charge in [-0.3, -0.25) is 4.79 Å². The van der Waals surface area contributed by atoms with Crippen molar-refractivity contribution in [1.82, 2.24) is 0 Å². The fourth-order valence-electron chi connectivity index (χ4n) is 6.98. The number of ether oxygens (including phenoxy) is 6. The van der Waals surface area contributed by atoms with Crippen molar-refractivity contribution in [3.05, 3.63) is 48.0 Å². The standard InChI is InChI=1S/C38H58O8/c1-3-4-8-19-30(44-36-22-13-15-26-42-36)24-25-32-31(20-11-5-6-12-21-35(39)41-2)33(45-37-23-14-16-27-43-37)28-34(32)46-38(40)29-17-9-7-10-18-29/h7,9-10,17-18,24-25,30-34,36-37H,3-6,8,11-16,19-23,26-28H2,1-2H3/b25-24+/t30-,31+,32+,33-,34+,36?,37?/m0/s1. The molecule has 1 aromatic rings. The van der Waals surface area contributed by atoms with Gasteiger partial charge in [-0.1, -0.05) is 75.8 Å². The zero-order valence-electron chi connectivity index (χ0n) is 28.3. The second-order valence-electron chi connectivity index (χ2n) is 13.1. The molecule has 0 spiro atoms. The molecule has 3 fully saturated rings. The summed E-state index contributed by atoms with van der Waals surface area (Å²) < 4.78 is 36.3. The van der Waals surface area contributed by atoms with Gasteiger partial charge in [0.05, 0.1) is 24.9 Å². The Balaban J connectivity index is 1.52. The lowest BCUT2D eigenvalue weighted by Crippen LogP contribution is -2.31. The molecular formula is C38H58O8. The number of unbranched alkanes of at least 4 members (excludes halogenated alkanes) is 5. The fraction of sp³-hybridized carbons (Fsp3) is 0.737. The van der Waals surface area contributed by atoms with Gasteiger partial charge in [0.1, 0.15) is 6.10 Å². The second-order valence-corrected chi connectivity index (χ2v) is 13.1. The molecule has 2 heterocycles. The maximum Gasteiger partial charge on any atom is 0.338 e. The van der Waals surface area contributed by atoms with E-state index < -0.39 is 0 Å². The minimum Gasteiger partial charge on any atom is -0.469 e. The van der Waals surface area contributed by atoms with Crippen LogP contribution in [0, 0.1) is 11.8 Å². The molecule has 0 bridgehead atoms. The fourth-order valence-corrected chi connectivity index (χ4v) is 6.98. The van der Waals surface area contributed by atoms with Crippen LogP contribution < -0.4 is 0 Å². The Labute approximate surface area is 276 Å². The van der Waals surface area contributed by atoms with E-state index >= 15 is 0 Å². The van der Waals surface area contributed by atoms with Gasteiger partial charge in [-0.05, 0) is 75.8 Å². The Kier molecular flexibility index (Phi) is 16.6. The Hall–Kier alpha value is -2.26. The summed E-state index contributed by atoms with van der Waals surface area (Å²) >= 11 is 0. The smallest absolute Gasteiger partial charge is 0.338 e. The van der Waals surface area contributed by atoms with Crippen LogP contribution >= 0.6 is 0 Å². The molecule has 1 aromatic carbocycles. The van der Waals surface area contributed by atoms with Crippen molar-refractivity contribution >= 4 is 11.9 Å². The molecule has 8 nitrogen and oxygen atoms in total. The molecule has 7 atom stereocenters. The summed E-state index contributed by atoms with van der Waals surface area (Å²) in [5.74, 6) is -0.301. The highest BCUT2D eigenvalue weighted by atomic mass is 16.7. The highest BCUT2D eigenvalue weighted by molar-refractivity contribution is 5.89. The molecule has 0 N–H and O–H groups in total. The molecule has 0 aromatic heterocycles. The van der Waals surface area contributed by atoms with Gasteiger partial charge in [-0.25, -0.2) is 4.79 Å². The largest absolute Gasteiger partial charge is 0.469 e. The zero-order valence-corrected chi connectivity index (χ0v) is 28.3. The maximum atomic E-state index is 13.3. The van der Waals surface area contributed by atoms with Crippen molar-refractivity contribution in [3.8, 4) is 0 Å². The van der Waals surface area contributed by atoms with Crippen LogP contribution in [0.15, 0.2) is 42.5 Å². The van der Waals surface area contributed by atoms with E-state index in [-0.39, 0.29) is 54.7 Å². The number of carbonyl (C=O) groups is 2. The van der Waals surface area contributed by atoms with E-state index in [1.54, 1.807) is 12.1 Å². The second kappa shape index (κ2) is 20.9. The molecule has 46 heavy (non-hydrogen) atoms. The first-order valence-electron chi connectivity index (χ1n) is 18.1. The van der Waals surface area contributed by atoms with Gasteiger partial charge >= 0.3 is 11.9 Å². The third kappa shape index (κ3) is 12.4. The minimum atomic E-state index is -0.316. The lowest BCUT2D eigenvalue weighted by Gasteiger charge is -2.30. The summed E-state index contributed by atoms with van der Waals surface area (Å²) in [7, 11) is 1.44. The highest BCUT2D eigenvalue weighted by Crippen LogP contribution is 2.42. The molecule has 1 aliphatic carbocycles. The van der Waals surface area contributed by atoms with Crippen LogP contribution in [0.2, 0.25) is 0 Å². The summed E-state index contributed by atoms with van der Waals surface area (Å²) in [4.78, 5) is 24.9. The maximum absolute atomic E-state index is 13.3. The number of benzene rings is 1. The summed E-state index contributed by atoms with van der Waals surface area (Å²) in [5, 5.41) is 0. The van der Waals surface area contributed by atoms with Crippen LogP contribution in [0.1, 0.15) is 126 Å². The highest BCUT2D eigenvalue weighted by Gasteiger charge is 2.45. The van der Waals surface area contributed by atoms with Gasteiger partial charge in [0.15, 0.2) is 12.6 Å².